The highest BCUT2D eigenvalue weighted by molar-refractivity contribution is 14.0. The second-order valence-corrected chi connectivity index (χ2v) is 7.19. The molecule has 2 N–H and O–H groups in total. The van der Waals surface area contributed by atoms with E-state index in [0.29, 0.717) is 12.5 Å². The van der Waals surface area contributed by atoms with Gasteiger partial charge in [0.2, 0.25) is 5.91 Å². The average Bonchev–Trinajstić information content (AvgIpc) is 2.64. The maximum atomic E-state index is 13.8. The molecule has 0 saturated heterocycles. The van der Waals surface area contributed by atoms with E-state index < -0.39 is 0 Å². The molecule has 0 radical (unpaired) electrons. The molecule has 2 rings (SSSR count). The zero-order valence-electron chi connectivity index (χ0n) is 16.6. The van der Waals surface area contributed by atoms with Gasteiger partial charge in [0.15, 0.2) is 5.96 Å². The first kappa shape index (κ1) is 23.7. The fraction of sp³-hybridized carbons (Fsp3) is 0.600. The number of guanidine groups is 1. The minimum atomic E-state index is -0.190. The van der Waals surface area contributed by atoms with Crippen molar-refractivity contribution in [2.75, 3.05) is 33.7 Å². The SMILES string of the molecule is CCNC(=NCC(=O)N(C)C)NCC1(c2cccc(F)c2)CCCCC1.I. The summed E-state index contributed by atoms with van der Waals surface area (Å²) in [6.45, 7) is 3.50. The van der Waals surface area contributed by atoms with E-state index in [1.165, 1.54) is 17.4 Å². The first-order chi connectivity index (χ1) is 12.5. The molecule has 152 valence electrons. The van der Waals surface area contributed by atoms with Crippen molar-refractivity contribution in [3.8, 4) is 0 Å². The number of nitrogens with one attached hydrogen (secondary N) is 2. The standard InChI is InChI=1S/C20H31FN4O.HI/c1-4-22-19(23-14-18(26)25(2)3)24-15-20(11-6-5-7-12-20)16-9-8-10-17(21)13-16;/h8-10,13H,4-7,11-12,14-15H2,1-3H3,(H2,22,23,24);1H. The van der Waals surface area contributed by atoms with Crippen molar-refractivity contribution in [2.45, 2.75) is 44.4 Å². The molecule has 27 heavy (non-hydrogen) atoms. The number of amides is 1. The van der Waals surface area contributed by atoms with E-state index in [0.717, 1.165) is 37.8 Å². The molecule has 7 heteroatoms. The van der Waals surface area contributed by atoms with E-state index in [-0.39, 0.29) is 47.7 Å². The Morgan fingerprint density at radius 2 is 1.93 bits per heavy atom. The summed E-state index contributed by atoms with van der Waals surface area (Å²) in [7, 11) is 3.44. The topological polar surface area (TPSA) is 56.7 Å². The summed E-state index contributed by atoms with van der Waals surface area (Å²) >= 11 is 0. The Balaban J connectivity index is 0.00000364. The van der Waals surface area contributed by atoms with Gasteiger partial charge in [-0.15, -0.1) is 24.0 Å². The largest absolute Gasteiger partial charge is 0.357 e. The zero-order valence-corrected chi connectivity index (χ0v) is 18.9. The molecule has 0 heterocycles. The van der Waals surface area contributed by atoms with E-state index in [1.807, 2.05) is 13.0 Å². The van der Waals surface area contributed by atoms with Crippen LogP contribution in [-0.4, -0.2) is 50.5 Å². The van der Waals surface area contributed by atoms with Crippen molar-refractivity contribution < 1.29 is 9.18 Å². The summed E-state index contributed by atoms with van der Waals surface area (Å²) in [6, 6.07) is 6.96. The van der Waals surface area contributed by atoms with Gasteiger partial charge >= 0.3 is 0 Å². The fourth-order valence-corrected chi connectivity index (χ4v) is 3.50. The van der Waals surface area contributed by atoms with Crippen molar-refractivity contribution in [3.05, 3.63) is 35.6 Å². The number of carbonyl (C=O) groups is 1. The summed E-state index contributed by atoms with van der Waals surface area (Å²) < 4.78 is 13.8. The van der Waals surface area contributed by atoms with Gasteiger partial charge in [-0.25, -0.2) is 9.38 Å². The molecular formula is C20H32FIN4O. The molecule has 0 aromatic heterocycles. The van der Waals surface area contributed by atoms with Gasteiger partial charge in [0.1, 0.15) is 12.4 Å². The number of aliphatic imine (C=N–C) groups is 1. The number of nitrogens with zero attached hydrogens (tertiary/aromatic N) is 2. The van der Waals surface area contributed by atoms with Gasteiger partial charge in [-0.05, 0) is 37.5 Å². The Labute approximate surface area is 179 Å². The number of halogens is 2. The third-order valence-electron chi connectivity index (χ3n) is 5.06. The summed E-state index contributed by atoms with van der Waals surface area (Å²) in [5.41, 5.74) is 0.951. The molecule has 1 aliphatic carbocycles. The van der Waals surface area contributed by atoms with Crippen molar-refractivity contribution in [1.29, 1.82) is 0 Å². The van der Waals surface area contributed by atoms with Crippen LogP contribution in [0, 0.1) is 5.82 Å². The molecule has 1 aliphatic rings. The second-order valence-electron chi connectivity index (χ2n) is 7.19. The van der Waals surface area contributed by atoms with Crippen LogP contribution < -0.4 is 10.6 Å². The van der Waals surface area contributed by atoms with Crippen molar-refractivity contribution in [2.24, 2.45) is 4.99 Å². The van der Waals surface area contributed by atoms with Crippen LogP contribution in [-0.2, 0) is 10.2 Å². The van der Waals surface area contributed by atoms with Gasteiger partial charge in [-0.1, -0.05) is 31.4 Å². The van der Waals surface area contributed by atoms with Gasteiger partial charge in [0, 0.05) is 32.6 Å². The summed E-state index contributed by atoms with van der Waals surface area (Å²) in [5, 5.41) is 6.58. The fourth-order valence-electron chi connectivity index (χ4n) is 3.50. The first-order valence-electron chi connectivity index (χ1n) is 9.45. The molecule has 1 aromatic rings. The summed E-state index contributed by atoms with van der Waals surface area (Å²) in [5.74, 6) is 0.397. The van der Waals surface area contributed by atoms with Gasteiger partial charge in [-0.3, -0.25) is 4.79 Å². The minimum Gasteiger partial charge on any atom is -0.357 e. The number of hydrogen-bond donors (Lipinski definition) is 2. The number of likely N-dealkylation sites (N-methyl/N-ethyl adjacent to an activating group) is 1. The molecule has 1 fully saturated rings. The van der Waals surface area contributed by atoms with Crippen molar-refractivity contribution in [3.63, 3.8) is 0 Å². The molecule has 5 nitrogen and oxygen atoms in total. The second kappa shape index (κ2) is 11.5. The Kier molecular flexibility index (Phi) is 10.0. The van der Waals surface area contributed by atoms with Crippen LogP contribution in [0.15, 0.2) is 29.3 Å². The van der Waals surface area contributed by atoms with Gasteiger partial charge < -0.3 is 15.5 Å². The van der Waals surface area contributed by atoms with Gasteiger partial charge in [0.05, 0.1) is 0 Å². The number of rotatable bonds is 6. The maximum absolute atomic E-state index is 13.8. The summed E-state index contributed by atoms with van der Waals surface area (Å²) in [6.07, 6.45) is 5.57. The van der Waals surface area contributed by atoms with E-state index >= 15 is 0 Å². The van der Waals surface area contributed by atoms with E-state index in [4.69, 9.17) is 0 Å². The number of carbonyl (C=O) groups excluding carboxylic acids is 1. The Bertz CT molecular complexity index is 630. The Morgan fingerprint density at radius 1 is 1.22 bits per heavy atom. The third-order valence-corrected chi connectivity index (χ3v) is 5.06. The lowest BCUT2D eigenvalue weighted by atomic mass is 9.69. The highest BCUT2D eigenvalue weighted by Gasteiger charge is 2.34. The van der Waals surface area contributed by atoms with Crippen LogP contribution in [0.5, 0.6) is 0 Å². The smallest absolute Gasteiger partial charge is 0.243 e. The van der Waals surface area contributed by atoms with E-state index in [2.05, 4.69) is 15.6 Å². The van der Waals surface area contributed by atoms with Gasteiger partial charge in [-0.2, -0.15) is 0 Å². The van der Waals surface area contributed by atoms with E-state index in [1.54, 1.807) is 26.2 Å². The number of hydrogen-bond acceptors (Lipinski definition) is 2. The number of benzene rings is 1. The lowest BCUT2D eigenvalue weighted by molar-refractivity contribution is -0.127. The van der Waals surface area contributed by atoms with E-state index in [9.17, 15) is 9.18 Å². The highest BCUT2D eigenvalue weighted by atomic mass is 127. The normalized spacial score (nSPS) is 16.2. The monoisotopic (exact) mass is 490 g/mol. The zero-order chi connectivity index (χ0) is 19.0. The Morgan fingerprint density at radius 3 is 2.52 bits per heavy atom. The molecule has 0 atom stereocenters. The molecular weight excluding hydrogens is 458 g/mol. The third kappa shape index (κ3) is 6.93. The molecule has 0 unspecified atom stereocenters. The van der Waals surface area contributed by atoms with Crippen LogP contribution in [0.1, 0.15) is 44.6 Å². The van der Waals surface area contributed by atoms with Crippen molar-refractivity contribution in [1.82, 2.24) is 15.5 Å². The average molecular weight is 490 g/mol. The minimum absolute atomic E-state index is 0. The lowest BCUT2D eigenvalue weighted by Crippen LogP contribution is -2.47. The molecule has 1 aromatic carbocycles. The predicted octanol–water partition coefficient (Wildman–Crippen LogP) is 3.29. The van der Waals surface area contributed by atoms with Crippen molar-refractivity contribution >= 4 is 35.8 Å². The van der Waals surface area contributed by atoms with Crippen LogP contribution in [0.3, 0.4) is 0 Å². The highest BCUT2D eigenvalue weighted by Crippen LogP contribution is 2.39. The predicted molar refractivity (Wildman–Crippen MR) is 119 cm³/mol. The van der Waals surface area contributed by atoms with Crippen LogP contribution in [0.25, 0.3) is 0 Å². The molecule has 1 amide bonds. The molecule has 0 bridgehead atoms. The first-order valence-corrected chi connectivity index (χ1v) is 9.45. The van der Waals surface area contributed by atoms with Gasteiger partial charge in [0.25, 0.3) is 0 Å². The summed E-state index contributed by atoms with van der Waals surface area (Å²) in [4.78, 5) is 17.7. The molecule has 0 spiro atoms. The van der Waals surface area contributed by atoms with Crippen LogP contribution in [0.4, 0.5) is 4.39 Å². The van der Waals surface area contributed by atoms with Crippen LogP contribution in [0.2, 0.25) is 0 Å². The molecule has 0 aliphatic heterocycles. The quantitative estimate of drug-likeness (QED) is 0.366. The lowest BCUT2D eigenvalue weighted by Gasteiger charge is -2.38. The van der Waals surface area contributed by atoms with Crippen LogP contribution >= 0.6 is 24.0 Å². The Hall–Kier alpha value is -1.38. The maximum Gasteiger partial charge on any atom is 0.243 e. The molecule has 1 saturated carbocycles.